The number of anilines is 2. The zero-order valence-corrected chi connectivity index (χ0v) is 17.7. The number of aromatic nitrogens is 4. The highest BCUT2D eigenvalue weighted by atomic mass is 16.5. The third kappa shape index (κ3) is 3.91. The predicted molar refractivity (Wildman–Crippen MR) is 119 cm³/mol. The Morgan fingerprint density at radius 3 is 2.33 bits per heavy atom. The Hall–Kier alpha value is -3.61. The number of ether oxygens (including phenoxy) is 2. The Morgan fingerprint density at radius 1 is 0.933 bits per heavy atom. The first kappa shape index (κ1) is 19.7. The lowest BCUT2D eigenvalue weighted by molar-refractivity contribution is 0.394. The van der Waals surface area contributed by atoms with E-state index in [1.165, 1.54) is 0 Å². The van der Waals surface area contributed by atoms with Gasteiger partial charge in [0.2, 0.25) is 0 Å². The van der Waals surface area contributed by atoms with Gasteiger partial charge in [-0.15, -0.1) is 0 Å². The molecule has 2 aromatic heterocycles. The molecule has 0 fully saturated rings. The number of methoxy groups -OCH3 is 2. The molecule has 2 heterocycles. The molecule has 4 rings (SSSR count). The van der Waals surface area contributed by atoms with Gasteiger partial charge in [-0.3, -0.25) is 9.67 Å². The molecule has 0 amide bonds. The second-order valence-electron chi connectivity index (χ2n) is 7.05. The molecular weight excluding hydrogens is 378 g/mol. The van der Waals surface area contributed by atoms with Crippen molar-refractivity contribution in [2.45, 2.75) is 13.3 Å². The molecule has 0 spiro atoms. The first-order chi connectivity index (χ1) is 14.6. The van der Waals surface area contributed by atoms with Crippen LogP contribution in [0.15, 0.2) is 55.0 Å². The van der Waals surface area contributed by atoms with Crippen molar-refractivity contribution in [3.05, 3.63) is 55.0 Å². The number of rotatable bonds is 7. The molecular formula is C23H25N5O2. The number of hydrogen-bond acceptors (Lipinski definition) is 6. The SMILES string of the molecule is CCCN(c1cc(OC)cc(OC)c1)c1ccc2ncc(-c3cnn(C)c3)nc2c1. The summed E-state index contributed by atoms with van der Waals surface area (Å²) in [5, 5.41) is 4.23. The van der Waals surface area contributed by atoms with Crippen molar-refractivity contribution in [1.29, 1.82) is 0 Å². The van der Waals surface area contributed by atoms with E-state index in [0.717, 1.165) is 58.1 Å². The highest BCUT2D eigenvalue weighted by Crippen LogP contribution is 2.34. The van der Waals surface area contributed by atoms with Crippen LogP contribution in [0.2, 0.25) is 0 Å². The minimum atomic E-state index is 0.755. The maximum Gasteiger partial charge on any atom is 0.124 e. The molecule has 0 saturated carbocycles. The molecule has 7 heteroatoms. The fourth-order valence-corrected chi connectivity index (χ4v) is 3.44. The number of fused-ring (bicyclic) bond motifs is 1. The van der Waals surface area contributed by atoms with E-state index in [2.05, 4.69) is 34.0 Å². The van der Waals surface area contributed by atoms with Crippen LogP contribution in [0, 0.1) is 0 Å². The summed E-state index contributed by atoms with van der Waals surface area (Å²) in [6, 6.07) is 12.1. The van der Waals surface area contributed by atoms with Crippen LogP contribution in [-0.4, -0.2) is 40.5 Å². The van der Waals surface area contributed by atoms with E-state index in [9.17, 15) is 0 Å². The maximum atomic E-state index is 5.46. The quantitative estimate of drug-likeness (QED) is 0.449. The minimum Gasteiger partial charge on any atom is -0.497 e. The average molecular weight is 403 g/mol. The van der Waals surface area contributed by atoms with Crippen LogP contribution in [0.5, 0.6) is 11.5 Å². The Kier molecular flexibility index (Phi) is 5.52. The molecule has 0 saturated heterocycles. The van der Waals surface area contributed by atoms with Gasteiger partial charge in [-0.05, 0) is 24.6 Å². The van der Waals surface area contributed by atoms with Gasteiger partial charge in [0.15, 0.2) is 0 Å². The lowest BCUT2D eigenvalue weighted by Gasteiger charge is -2.25. The number of nitrogens with zero attached hydrogens (tertiary/aromatic N) is 5. The molecule has 0 aliphatic carbocycles. The zero-order chi connectivity index (χ0) is 21.1. The van der Waals surface area contributed by atoms with Gasteiger partial charge in [0.05, 0.1) is 43.3 Å². The smallest absolute Gasteiger partial charge is 0.124 e. The van der Waals surface area contributed by atoms with Crippen LogP contribution < -0.4 is 14.4 Å². The standard InChI is InChI=1S/C23H25N5O2/c1-5-8-28(18-9-19(29-3)12-20(10-18)30-4)17-6-7-21-22(11-17)26-23(14-24-21)16-13-25-27(2)15-16/h6-7,9-15H,5,8H2,1-4H3. The van der Waals surface area contributed by atoms with Crippen LogP contribution in [-0.2, 0) is 7.05 Å². The van der Waals surface area contributed by atoms with Gasteiger partial charge in [-0.1, -0.05) is 6.92 Å². The van der Waals surface area contributed by atoms with Gasteiger partial charge in [-0.2, -0.15) is 5.10 Å². The van der Waals surface area contributed by atoms with Gasteiger partial charge in [0, 0.05) is 54.9 Å². The van der Waals surface area contributed by atoms with Crippen molar-refractivity contribution in [2.24, 2.45) is 7.05 Å². The van der Waals surface area contributed by atoms with Gasteiger partial charge in [0.25, 0.3) is 0 Å². The molecule has 154 valence electrons. The topological polar surface area (TPSA) is 65.3 Å². The molecule has 0 aliphatic rings. The summed E-state index contributed by atoms with van der Waals surface area (Å²) in [5.41, 5.74) is 5.48. The summed E-state index contributed by atoms with van der Waals surface area (Å²) in [5.74, 6) is 1.51. The van der Waals surface area contributed by atoms with Crippen molar-refractivity contribution in [3.8, 4) is 22.8 Å². The van der Waals surface area contributed by atoms with Crippen LogP contribution in [0.25, 0.3) is 22.3 Å². The Labute approximate surface area is 175 Å². The summed E-state index contributed by atoms with van der Waals surface area (Å²) < 4.78 is 12.7. The van der Waals surface area contributed by atoms with Gasteiger partial charge < -0.3 is 14.4 Å². The number of benzene rings is 2. The Balaban J connectivity index is 1.78. The van der Waals surface area contributed by atoms with Gasteiger partial charge in [-0.25, -0.2) is 4.98 Å². The molecule has 0 unspecified atom stereocenters. The molecule has 0 aliphatic heterocycles. The number of aryl methyl sites for hydroxylation is 1. The molecule has 0 bridgehead atoms. The van der Waals surface area contributed by atoms with Gasteiger partial charge in [0.1, 0.15) is 11.5 Å². The fraction of sp³-hybridized carbons (Fsp3) is 0.261. The van der Waals surface area contributed by atoms with Crippen molar-refractivity contribution >= 4 is 22.4 Å². The molecule has 2 aromatic carbocycles. The predicted octanol–water partition coefficient (Wildman–Crippen LogP) is 4.60. The summed E-state index contributed by atoms with van der Waals surface area (Å²) in [7, 11) is 5.21. The first-order valence-corrected chi connectivity index (χ1v) is 9.87. The molecule has 0 N–H and O–H groups in total. The van der Waals surface area contributed by atoms with Crippen molar-refractivity contribution in [1.82, 2.24) is 19.7 Å². The lowest BCUT2D eigenvalue weighted by atomic mass is 10.2. The molecule has 7 nitrogen and oxygen atoms in total. The third-order valence-corrected chi connectivity index (χ3v) is 4.93. The lowest BCUT2D eigenvalue weighted by Crippen LogP contribution is -2.18. The van der Waals surface area contributed by atoms with E-state index < -0.39 is 0 Å². The van der Waals surface area contributed by atoms with E-state index in [0.29, 0.717) is 0 Å². The maximum absolute atomic E-state index is 5.46. The molecule has 0 atom stereocenters. The van der Waals surface area contributed by atoms with E-state index >= 15 is 0 Å². The van der Waals surface area contributed by atoms with Crippen LogP contribution in [0.3, 0.4) is 0 Å². The summed E-state index contributed by atoms with van der Waals surface area (Å²) in [6.07, 6.45) is 6.51. The summed E-state index contributed by atoms with van der Waals surface area (Å²) >= 11 is 0. The van der Waals surface area contributed by atoms with Crippen molar-refractivity contribution in [2.75, 3.05) is 25.7 Å². The molecule has 4 aromatic rings. The number of hydrogen-bond donors (Lipinski definition) is 0. The minimum absolute atomic E-state index is 0.755. The van der Waals surface area contributed by atoms with E-state index in [1.807, 2.05) is 37.5 Å². The second kappa shape index (κ2) is 8.41. The summed E-state index contributed by atoms with van der Waals surface area (Å²) in [4.78, 5) is 11.7. The normalized spacial score (nSPS) is 10.9. The Bertz CT molecular complexity index is 1150. The van der Waals surface area contributed by atoms with Crippen LogP contribution in [0.1, 0.15) is 13.3 Å². The van der Waals surface area contributed by atoms with E-state index in [-0.39, 0.29) is 0 Å². The first-order valence-electron chi connectivity index (χ1n) is 9.87. The van der Waals surface area contributed by atoms with Crippen molar-refractivity contribution in [3.63, 3.8) is 0 Å². The van der Waals surface area contributed by atoms with Crippen LogP contribution >= 0.6 is 0 Å². The van der Waals surface area contributed by atoms with Gasteiger partial charge >= 0.3 is 0 Å². The molecule has 30 heavy (non-hydrogen) atoms. The second-order valence-corrected chi connectivity index (χ2v) is 7.05. The van der Waals surface area contributed by atoms with Crippen molar-refractivity contribution < 1.29 is 9.47 Å². The van der Waals surface area contributed by atoms with E-state index in [1.54, 1.807) is 31.3 Å². The van der Waals surface area contributed by atoms with E-state index in [4.69, 9.17) is 14.5 Å². The highest BCUT2D eigenvalue weighted by molar-refractivity contribution is 5.82. The highest BCUT2D eigenvalue weighted by Gasteiger charge is 2.14. The monoisotopic (exact) mass is 403 g/mol. The average Bonchev–Trinajstić information content (AvgIpc) is 3.22. The van der Waals surface area contributed by atoms with Crippen LogP contribution in [0.4, 0.5) is 11.4 Å². The summed E-state index contributed by atoms with van der Waals surface area (Å²) in [6.45, 7) is 3.00. The fourth-order valence-electron chi connectivity index (χ4n) is 3.44. The Morgan fingerprint density at radius 2 is 1.70 bits per heavy atom. The largest absolute Gasteiger partial charge is 0.497 e. The third-order valence-electron chi connectivity index (χ3n) is 4.93. The zero-order valence-electron chi connectivity index (χ0n) is 17.7. The molecule has 0 radical (unpaired) electrons.